The van der Waals surface area contributed by atoms with E-state index >= 15 is 0 Å². The molecule has 2 saturated heterocycles. The molecule has 5 N–H and O–H groups in total. The molecular weight excluding hydrogens is 553 g/mol. The Labute approximate surface area is 226 Å². The highest BCUT2D eigenvalue weighted by Gasteiger charge is 2.53. The highest BCUT2D eigenvalue weighted by Crippen LogP contribution is 2.60. The van der Waals surface area contributed by atoms with Crippen LogP contribution in [0.25, 0.3) is 0 Å². The van der Waals surface area contributed by atoms with E-state index in [-0.39, 0.29) is 19.5 Å². The maximum atomic E-state index is 14.8. The third kappa shape index (κ3) is 7.60. The van der Waals surface area contributed by atoms with Crippen LogP contribution < -0.4 is 20.4 Å². The van der Waals surface area contributed by atoms with Crippen molar-refractivity contribution in [2.75, 3.05) is 61.2 Å². The number of amides is 3. The van der Waals surface area contributed by atoms with Crippen molar-refractivity contribution < 1.29 is 42.7 Å². The Hall–Kier alpha value is -2.92. The van der Waals surface area contributed by atoms with Crippen LogP contribution in [0, 0.1) is 5.82 Å². The lowest BCUT2D eigenvalue weighted by Gasteiger charge is -2.29. The van der Waals surface area contributed by atoms with E-state index in [0.29, 0.717) is 48.9 Å². The first-order valence-corrected chi connectivity index (χ1v) is 15.7. The van der Waals surface area contributed by atoms with E-state index in [4.69, 9.17) is 9.47 Å². The van der Waals surface area contributed by atoms with Crippen LogP contribution in [-0.2, 0) is 20.5 Å². The number of morpholine rings is 1. The second-order valence-corrected chi connectivity index (χ2v) is 13.6. The van der Waals surface area contributed by atoms with Gasteiger partial charge in [0.25, 0.3) is 0 Å². The van der Waals surface area contributed by atoms with E-state index < -0.39 is 45.2 Å². The highest BCUT2D eigenvalue weighted by molar-refractivity contribution is 7.73. The Balaban J connectivity index is 1.27. The Bertz CT molecular complexity index is 1210. The average molecular weight is 584 g/mol. The SMILES string of the molecule is C[P+](O)(O)C(Cc1ccc(NC(=O)NC[C@H]2CN(c3ccc(N4CCOCC4)c(F)c3)C(=O)O2)cc1)[P+](=O)O. The predicted molar refractivity (Wildman–Crippen MR) is 145 cm³/mol. The number of nitrogens with one attached hydrogen (secondary N) is 2. The summed E-state index contributed by atoms with van der Waals surface area (Å²) < 4.78 is 36.9. The largest absolute Gasteiger partial charge is 0.555 e. The maximum absolute atomic E-state index is 14.8. The molecule has 3 amide bonds. The number of carbonyl (C=O) groups excluding carboxylic acids is 2. The number of rotatable bonds is 9. The molecule has 3 atom stereocenters. The third-order valence-corrected chi connectivity index (χ3v) is 10.3. The van der Waals surface area contributed by atoms with Crippen LogP contribution in [-0.4, -0.2) is 84.4 Å². The van der Waals surface area contributed by atoms with Crippen LogP contribution in [0.4, 0.5) is 31.0 Å². The molecule has 2 aromatic rings. The van der Waals surface area contributed by atoms with Gasteiger partial charge in [-0.3, -0.25) is 4.90 Å². The van der Waals surface area contributed by atoms with Gasteiger partial charge in [0.2, 0.25) is 0 Å². The van der Waals surface area contributed by atoms with E-state index in [1.54, 1.807) is 36.4 Å². The van der Waals surface area contributed by atoms with Crippen LogP contribution in [0.2, 0.25) is 0 Å². The minimum Gasteiger partial charge on any atom is -0.442 e. The molecule has 4 rings (SSSR count). The third-order valence-electron chi connectivity index (χ3n) is 6.41. The lowest BCUT2D eigenvalue weighted by atomic mass is 10.1. The van der Waals surface area contributed by atoms with Gasteiger partial charge in [-0.05, 0) is 40.5 Å². The van der Waals surface area contributed by atoms with Crippen molar-refractivity contribution in [2.45, 2.75) is 17.9 Å². The van der Waals surface area contributed by atoms with Crippen molar-refractivity contribution in [3.8, 4) is 0 Å². The molecule has 0 aromatic heterocycles. The van der Waals surface area contributed by atoms with Crippen LogP contribution in [0.3, 0.4) is 0 Å². The number of anilines is 3. The number of hydrogen-bond acceptors (Lipinski definition) is 8. The van der Waals surface area contributed by atoms with E-state index in [2.05, 4.69) is 10.6 Å². The fraction of sp³-hybridized carbons (Fsp3) is 0.417. The van der Waals surface area contributed by atoms with Crippen LogP contribution >= 0.6 is 15.7 Å². The Morgan fingerprint density at radius 2 is 1.90 bits per heavy atom. The van der Waals surface area contributed by atoms with Crippen molar-refractivity contribution in [1.29, 1.82) is 0 Å². The van der Waals surface area contributed by atoms with Crippen molar-refractivity contribution >= 4 is 44.9 Å². The standard InChI is InChI=1S/C24H29FN4O8P2/c1-39(34,35)22(38(32)33)12-16-2-4-17(5-3-16)27-23(30)26-14-19-15-29(24(31)37-19)18-6-7-21(20(25)13-18)28-8-10-36-11-9-28/h2-7,13,19,22,34-35H,8-12,14-15H2,1H3,(H-2,26,27,30,32,33)/p+2/t19-,22?/m0/s1. The van der Waals surface area contributed by atoms with E-state index in [9.17, 15) is 33.2 Å². The summed E-state index contributed by atoms with van der Waals surface area (Å²) in [6.07, 6.45) is -1.28. The summed E-state index contributed by atoms with van der Waals surface area (Å²) in [5.41, 5.74) is 1.85. The molecule has 210 valence electrons. The lowest BCUT2D eigenvalue weighted by Crippen LogP contribution is -2.37. The monoisotopic (exact) mass is 584 g/mol. The molecule has 2 fully saturated rings. The van der Waals surface area contributed by atoms with Gasteiger partial charge in [0, 0.05) is 18.8 Å². The molecule has 0 saturated carbocycles. The fourth-order valence-electron chi connectivity index (χ4n) is 4.32. The molecule has 39 heavy (non-hydrogen) atoms. The Kier molecular flexibility index (Phi) is 9.32. The molecule has 0 bridgehead atoms. The first-order chi connectivity index (χ1) is 18.5. The molecule has 2 aliphatic rings. The van der Waals surface area contributed by atoms with Crippen LogP contribution in [0.1, 0.15) is 5.56 Å². The number of ether oxygens (including phenoxy) is 2. The quantitative estimate of drug-likeness (QED) is 0.279. The topological polar surface area (TPSA) is 161 Å². The fourth-order valence-corrected chi connectivity index (χ4v) is 6.74. The van der Waals surface area contributed by atoms with Gasteiger partial charge in [-0.25, -0.2) is 23.8 Å². The summed E-state index contributed by atoms with van der Waals surface area (Å²) in [6, 6.07) is 10.4. The number of benzene rings is 2. The number of carbonyl (C=O) groups is 2. The lowest BCUT2D eigenvalue weighted by molar-refractivity contribution is 0.122. The molecule has 2 aliphatic heterocycles. The minimum absolute atomic E-state index is 0.00114. The number of halogens is 1. The van der Waals surface area contributed by atoms with Gasteiger partial charge in [-0.2, -0.15) is 4.89 Å². The maximum Gasteiger partial charge on any atom is 0.555 e. The molecular formula is C24H31FN4O8P2+2. The van der Waals surface area contributed by atoms with E-state index in [1.807, 2.05) is 4.90 Å². The first-order valence-electron chi connectivity index (χ1n) is 12.2. The Morgan fingerprint density at radius 3 is 2.51 bits per heavy atom. The summed E-state index contributed by atoms with van der Waals surface area (Å²) >= 11 is 0. The van der Waals surface area contributed by atoms with Crippen LogP contribution in [0.15, 0.2) is 42.5 Å². The number of nitrogens with zero attached hydrogens (tertiary/aromatic N) is 2. The zero-order valence-corrected chi connectivity index (χ0v) is 23.0. The van der Waals surface area contributed by atoms with E-state index in [0.717, 1.165) is 6.66 Å². The molecule has 0 aliphatic carbocycles. The molecule has 2 heterocycles. The van der Waals surface area contributed by atoms with Gasteiger partial charge >= 0.3 is 33.3 Å². The number of hydrogen-bond donors (Lipinski definition) is 5. The zero-order valence-electron chi connectivity index (χ0n) is 21.2. The van der Waals surface area contributed by atoms with Crippen molar-refractivity contribution in [3.05, 3.63) is 53.8 Å². The second kappa shape index (κ2) is 12.5. The molecule has 2 unspecified atom stereocenters. The smallest absolute Gasteiger partial charge is 0.442 e. The highest BCUT2D eigenvalue weighted by atomic mass is 31.2. The minimum atomic E-state index is -3.52. The predicted octanol–water partition coefficient (Wildman–Crippen LogP) is 2.87. The van der Waals surface area contributed by atoms with Crippen molar-refractivity contribution in [3.63, 3.8) is 0 Å². The summed E-state index contributed by atoms with van der Waals surface area (Å²) in [6.45, 7) is 3.54. The Morgan fingerprint density at radius 1 is 1.21 bits per heavy atom. The second-order valence-electron chi connectivity index (χ2n) is 9.35. The van der Waals surface area contributed by atoms with Crippen molar-refractivity contribution in [2.24, 2.45) is 0 Å². The first kappa shape index (κ1) is 29.1. The van der Waals surface area contributed by atoms with Crippen molar-refractivity contribution in [1.82, 2.24) is 5.32 Å². The molecule has 15 heteroatoms. The van der Waals surface area contributed by atoms with Gasteiger partial charge in [-0.15, -0.1) is 0 Å². The van der Waals surface area contributed by atoms with Gasteiger partial charge in [0.1, 0.15) is 18.6 Å². The van der Waals surface area contributed by atoms with Gasteiger partial charge in [-0.1, -0.05) is 12.1 Å². The van der Waals surface area contributed by atoms with E-state index in [1.165, 1.54) is 11.0 Å². The number of cyclic esters (lactones) is 1. The molecule has 12 nitrogen and oxygen atoms in total. The molecule has 0 radical (unpaired) electrons. The zero-order chi connectivity index (χ0) is 28.2. The normalized spacial score (nSPS) is 18.9. The summed E-state index contributed by atoms with van der Waals surface area (Å²) in [5.74, 6) is -0.446. The van der Waals surface area contributed by atoms with Gasteiger partial charge in [0.15, 0.2) is 0 Å². The average Bonchev–Trinajstić information content (AvgIpc) is 3.27. The molecule has 2 aromatic carbocycles. The van der Waals surface area contributed by atoms with Gasteiger partial charge < -0.3 is 25.0 Å². The summed E-state index contributed by atoms with van der Waals surface area (Å²) in [5, 5.41) is 4.10. The molecule has 0 spiro atoms. The summed E-state index contributed by atoms with van der Waals surface area (Å²) in [7, 11) is -6.30. The number of urea groups is 1. The summed E-state index contributed by atoms with van der Waals surface area (Å²) in [4.78, 5) is 56.9. The van der Waals surface area contributed by atoms with Crippen LogP contribution in [0.5, 0.6) is 0 Å². The van der Waals surface area contributed by atoms with Gasteiger partial charge in [0.05, 0.1) is 44.1 Å².